The minimum absolute atomic E-state index is 0.0108. The summed E-state index contributed by atoms with van der Waals surface area (Å²) >= 11 is 0. The fraction of sp³-hybridized carbons (Fsp3) is 0.367. The lowest BCUT2D eigenvalue weighted by Gasteiger charge is -2.47. The smallest absolute Gasteiger partial charge is 0.371 e. The maximum absolute atomic E-state index is 13.8. The molecule has 4 aromatic rings. The number of benzene rings is 1. The summed E-state index contributed by atoms with van der Waals surface area (Å²) in [4.78, 5) is 11.0. The Morgan fingerprint density at radius 2 is 1.84 bits per heavy atom. The Hall–Kier alpha value is -3.68. The van der Waals surface area contributed by atoms with Gasteiger partial charge < -0.3 is 9.42 Å². The molecule has 0 amide bonds. The van der Waals surface area contributed by atoms with E-state index in [-0.39, 0.29) is 22.6 Å². The van der Waals surface area contributed by atoms with Crippen LogP contribution in [0.15, 0.2) is 59.4 Å². The van der Waals surface area contributed by atoms with Crippen LogP contribution in [-0.4, -0.2) is 28.2 Å². The molecule has 1 saturated heterocycles. The third kappa shape index (κ3) is 3.97. The lowest BCUT2D eigenvalue weighted by Crippen LogP contribution is -2.42. The Morgan fingerprint density at radius 3 is 2.58 bits per heavy atom. The third-order valence-electron chi connectivity index (χ3n) is 8.33. The standard InChI is InChI=1S/C30H27F3N4O/c1-18-2-3-20-14-22(6-7-25(20)35-18)37-12-9-29(10-13-37)15-21(16-29)26-27(36-38-28(26)19-4-5-19)23-17-34-11-8-24(23)30(31,32)33/h2-3,6-8,11,14-15,17,19H,4-5,9-10,12-13,16H2,1H3. The van der Waals surface area contributed by atoms with Crippen molar-refractivity contribution in [3.05, 3.63) is 77.4 Å². The molecule has 1 spiro atoms. The number of pyridine rings is 2. The van der Waals surface area contributed by atoms with Crippen molar-refractivity contribution in [1.29, 1.82) is 0 Å². The zero-order valence-corrected chi connectivity index (χ0v) is 21.1. The summed E-state index contributed by atoms with van der Waals surface area (Å²) in [5.74, 6) is 0.971. The number of aromatic nitrogens is 3. The van der Waals surface area contributed by atoms with E-state index in [9.17, 15) is 13.2 Å². The number of allylic oxidation sites excluding steroid dienone is 2. The monoisotopic (exact) mass is 516 g/mol. The highest BCUT2D eigenvalue weighted by molar-refractivity contribution is 5.85. The summed E-state index contributed by atoms with van der Waals surface area (Å²) in [5.41, 5.74) is 4.64. The van der Waals surface area contributed by atoms with E-state index in [4.69, 9.17) is 4.52 Å². The van der Waals surface area contributed by atoms with Crippen LogP contribution in [0.3, 0.4) is 0 Å². The topological polar surface area (TPSA) is 55.1 Å². The molecule has 3 aromatic heterocycles. The van der Waals surface area contributed by atoms with Gasteiger partial charge in [-0.25, -0.2) is 0 Å². The second-order valence-corrected chi connectivity index (χ2v) is 11.0. The predicted octanol–water partition coefficient (Wildman–Crippen LogP) is 7.56. The highest BCUT2D eigenvalue weighted by Gasteiger charge is 2.45. The first-order valence-electron chi connectivity index (χ1n) is 13.2. The SMILES string of the molecule is Cc1ccc2cc(N3CCC4(C=C(c5c(-c6cnccc6C(F)(F)F)noc5C5CC5)C4)CC3)ccc2n1. The average Bonchev–Trinajstić information content (AvgIpc) is 3.65. The molecule has 1 aliphatic heterocycles. The summed E-state index contributed by atoms with van der Waals surface area (Å²) in [6.07, 6.45) is 5.01. The molecule has 5 nitrogen and oxygen atoms in total. The Bertz CT molecular complexity index is 1580. The molecule has 2 fully saturated rings. The molecule has 2 aliphatic carbocycles. The molecule has 38 heavy (non-hydrogen) atoms. The average molecular weight is 517 g/mol. The van der Waals surface area contributed by atoms with Crippen LogP contribution in [0, 0.1) is 12.3 Å². The molecule has 0 N–H and O–H groups in total. The highest BCUT2D eigenvalue weighted by Crippen LogP contribution is 2.56. The van der Waals surface area contributed by atoms with Gasteiger partial charge in [-0.2, -0.15) is 13.2 Å². The largest absolute Gasteiger partial charge is 0.417 e. The molecule has 0 radical (unpaired) electrons. The van der Waals surface area contributed by atoms with Gasteiger partial charge in [-0.3, -0.25) is 9.97 Å². The van der Waals surface area contributed by atoms with Crippen LogP contribution >= 0.6 is 0 Å². The molecule has 0 unspecified atom stereocenters. The second kappa shape index (κ2) is 8.41. The highest BCUT2D eigenvalue weighted by atomic mass is 19.4. The second-order valence-electron chi connectivity index (χ2n) is 11.0. The number of fused-ring (bicyclic) bond motifs is 1. The van der Waals surface area contributed by atoms with Gasteiger partial charge in [-0.05, 0) is 80.3 Å². The Kier molecular flexibility index (Phi) is 5.19. The van der Waals surface area contributed by atoms with Crippen molar-refractivity contribution in [2.75, 3.05) is 18.0 Å². The van der Waals surface area contributed by atoms with E-state index in [1.54, 1.807) is 0 Å². The molecule has 8 heteroatoms. The fourth-order valence-electron chi connectivity index (χ4n) is 6.07. The van der Waals surface area contributed by atoms with Crippen LogP contribution < -0.4 is 4.90 Å². The van der Waals surface area contributed by atoms with Gasteiger partial charge in [0.2, 0.25) is 0 Å². The molecule has 3 aliphatic rings. The van der Waals surface area contributed by atoms with Gasteiger partial charge in [0.1, 0.15) is 11.5 Å². The van der Waals surface area contributed by atoms with Crippen molar-refractivity contribution in [3.8, 4) is 11.3 Å². The van der Waals surface area contributed by atoms with Crippen molar-refractivity contribution >= 4 is 22.2 Å². The first-order chi connectivity index (χ1) is 18.3. The third-order valence-corrected chi connectivity index (χ3v) is 8.33. The molecule has 0 bridgehead atoms. The molecule has 1 saturated carbocycles. The van der Waals surface area contributed by atoms with Crippen LogP contribution in [0.25, 0.3) is 27.7 Å². The van der Waals surface area contributed by atoms with Crippen LogP contribution in [-0.2, 0) is 6.18 Å². The van der Waals surface area contributed by atoms with E-state index in [0.717, 1.165) is 84.8 Å². The summed E-state index contributed by atoms with van der Waals surface area (Å²) < 4.78 is 47.1. The number of hydrogen-bond acceptors (Lipinski definition) is 5. The molecule has 7 rings (SSSR count). The van der Waals surface area contributed by atoms with Gasteiger partial charge in [0, 0.05) is 59.3 Å². The molecule has 1 aromatic carbocycles. The van der Waals surface area contributed by atoms with E-state index >= 15 is 0 Å². The summed E-state index contributed by atoms with van der Waals surface area (Å²) in [6, 6.07) is 11.6. The van der Waals surface area contributed by atoms with E-state index in [1.165, 1.54) is 18.1 Å². The zero-order valence-electron chi connectivity index (χ0n) is 21.1. The van der Waals surface area contributed by atoms with E-state index in [2.05, 4.69) is 50.4 Å². The van der Waals surface area contributed by atoms with E-state index in [0.29, 0.717) is 0 Å². The minimum Gasteiger partial charge on any atom is -0.371 e. The summed E-state index contributed by atoms with van der Waals surface area (Å²) in [6.45, 7) is 3.86. The maximum atomic E-state index is 13.8. The number of alkyl halides is 3. The van der Waals surface area contributed by atoms with Crippen molar-refractivity contribution < 1.29 is 17.7 Å². The Balaban J connectivity index is 1.15. The van der Waals surface area contributed by atoms with Gasteiger partial charge in [-0.15, -0.1) is 0 Å². The van der Waals surface area contributed by atoms with Crippen LogP contribution in [0.1, 0.15) is 60.6 Å². The number of piperidine rings is 1. The predicted molar refractivity (Wildman–Crippen MR) is 140 cm³/mol. The lowest BCUT2D eigenvalue weighted by molar-refractivity contribution is -0.137. The van der Waals surface area contributed by atoms with Gasteiger partial charge in [-0.1, -0.05) is 17.3 Å². The minimum atomic E-state index is -4.49. The van der Waals surface area contributed by atoms with Crippen LogP contribution in [0.5, 0.6) is 0 Å². The van der Waals surface area contributed by atoms with Gasteiger partial charge in [0.25, 0.3) is 0 Å². The molecule has 4 heterocycles. The van der Waals surface area contributed by atoms with Crippen LogP contribution in [0.4, 0.5) is 18.9 Å². The fourth-order valence-corrected chi connectivity index (χ4v) is 6.07. The number of rotatable bonds is 4. The quantitative estimate of drug-likeness (QED) is 0.280. The lowest BCUT2D eigenvalue weighted by atomic mass is 9.63. The van der Waals surface area contributed by atoms with Crippen molar-refractivity contribution in [2.24, 2.45) is 5.41 Å². The molecule has 194 valence electrons. The van der Waals surface area contributed by atoms with Crippen molar-refractivity contribution in [3.63, 3.8) is 0 Å². The van der Waals surface area contributed by atoms with Crippen molar-refractivity contribution in [1.82, 2.24) is 15.1 Å². The number of anilines is 1. The zero-order chi connectivity index (χ0) is 26.1. The van der Waals surface area contributed by atoms with E-state index in [1.807, 2.05) is 13.0 Å². The number of halogens is 3. The van der Waals surface area contributed by atoms with Crippen LogP contribution in [0.2, 0.25) is 0 Å². The maximum Gasteiger partial charge on any atom is 0.417 e. The molecule has 0 atom stereocenters. The molecular weight excluding hydrogens is 489 g/mol. The van der Waals surface area contributed by atoms with Gasteiger partial charge in [0.05, 0.1) is 11.1 Å². The normalized spacial score (nSPS) is 19.1. The summed E-state index contributed by atoms with van der Waals surface area (Å²) in [7, 11) is 0. The van der Waals surface area contributed by atoms with Gasteiger partial charge >= 0.3 is 6.18 Å². The summed E-state index contributed by atoms with van der Waals surface area (Å²) in [5, 5.41) is 5.31. The first-order valence-corrected chi connectivity index (χ1v) is 13.2. The first kappa shape index (κ1) is 23.4. The van der Waals surface area contributed by atoms with Gasteiger partial charge in [0.15, 0.2) is 0 Å². The Labute approximate surface area is 218 Å². The van der Waals surface area contributed by atoms with Crippen molar-refractivity contribution in [2.45, 2.75) is 51.1 Å². The number of aryl methyl sites for hydroxylation is 1. The Morgan fingerprint density at radius 1 is 1.05 bits per heavy atom. The van der Waals surface area contributed by atoms with E-state index < -0.39 is 11.7 Å². The number of hydrogen-bond donors (Lipinski definition) is 0. The number of nitrogens with zero attached hydrogens (tertiary/aromatic N) is 4. The molecular formula is C30H27F3N4O.